The summed E-state index contributed by atoms with van der Waals surface area (Å²) in [6, 6.07) is 7.75. The number of urea groups is 1. The van der Waals surface area contributed by atoms with Crippen LogP contribution in [0, 0.1) is 30.6 Å². The third-order valence-electron chi connectivity index (χ3n) is 4.12. The van der Waals surface area contributed by atoms with E-state index in [1.54, 1.807) is 0 Å². The number of nitrogens with one attached hydrogen (secondary N) is 2. The van der Waals surface area contributed by atoms with Crippen molar-refractivity contribution in [3.05, 3.63) is 34.9 Å². The van der Waals surface area contributed by atoms with E-state index in [1.165, 1.54) is 0 Å². The number of aryl methyl sites for hydroxylation is 2. The van der Waals surface area contributed by atoms with Crippen LogP contribution in [0.5, 0.6) is 0 Å². The summed E-state index contributed by atoms with van der Waals surface area (Å²) in [6.45, 7) is 4.65. The minimum absolute atomic E-state index is 0.0155. The molecule has 1 atom stereocenters. The van der Waals surface area contributed by atoms with Gasteiger partial charge in [0, 0.05) is 24.9 Å². The molecule has 1 aromatic rings. The summed E-state index contributed by atoms with van der Waals surface area (Å²) in [4.78, 5) is 11.8. The first kappa shape index (κ1) is 16.3. The van der Waals surface area contributed by atoms with Crippen molar-refractivity contribution < 1.29 is 9.90 Å². The fourth-order valence-corrected chi connectivity index (χ4v) is 2.60. The summed E-state index contributed by atoms with van der Waals surface area (Å²) in [5.74, 6) is 0. The minimum atomic E-state index is -0.724. The van der Waals surface area contributed by atoms with Crippen molar-refractivity contribution in [3.63, 3.8) is 0 Å². The number of rotatable bonds is 6. The monoisotopic (exact) mass is 301 g/mol. The quantitative estimate of drug-likeness (QED) is 0.754. The van der Waals surface area contributed by atoms with Gasteiger partial charge in [-0.25, -0.2) is 4.79 Å². The smallest absolute Gasteiger partial charge is 0.314 e. The molecule has 2 amide bonds. The van der Waals surface area contributed by atoms with Crippen LogP contribution in [0.15, 0.2) is 18.2 Å². The van der Waals surface area contributed by atoms with Gasteiger partial charge in [0.25, 0.3) is 0 Å². The van der Waals surface area contributed by atoms with Crippen LogP contribution in [-0.4, -0.2) is 24.2 Å². The predicted octanol–water partition coefficient (Wildman–Crippen LogP) is 2.33. The molecule has 0 spiro atoms. The predicted molar refractivity (Wildman–Crippen MR) is 84.2 cm³/mol. The summed E-state index contributed by atoms with van der Waals surface area (Å²) < 4.78 is 0. The standard InChI is InChI=1S/C17H23N3O2/c1-12-7-13(2)9-14(8-12)15(21)10-19-16(22)20-11-17(3-4-17)5-6-18/h7-9,15,21H,3-5,10-11H2,1-2H3,(H2,19,20,22)/t15-/m1/s1. The highest BCUT2D eigenvalue weighted by molar-refractivity contribution is 5.74. The molecular weight excluding hydrogens is 278 g/mol. The molecule has 5 heteroatoms. The lowest BCUT2D eigenvalue weighted by Gasteiger charge is -2.16. The Balaban J connectivity index is 1.77. The van der Waals surface area contributed by atoms with Crippen LogP contribution in [0.3, 0.4) is 0 Å². The molecule has 0 radical (unpaired) electrons. The first-order valence-corrected chi connectivity index (χ1v) is 7.59. The number of carbonyl (C=O) groups is 1. The fourth-order valence-electron chi connectivity index (χ4n) is 2.60. The van der Waals surface area contributed by atoms with Crippen molar-refractivity contribution in [2.45, 2.75) is 39.2 Å². The number of aliphatic hydroxyl groups excluding tert-OH is 1. The number of nitrogens with zero attached hydrogens (tertiary/aromatic N) is 1. The van der Waals surface area contributed by atoms with Gasteiger partial charge in [0.15, 0.2) is 0 Å². The molecule has 5 nitrogen and oxygen atoms in total. The van der Waals surface area contributed by atoms with E-state index >= 15 is 0 Å². The first-order valence-electron chi connectivity index (χ1n) is 7.59. The molecule has 1 fully saturated rings. The molecule has 0 aliphatic heterocycles. The maximum atomic E-state index is 11.8. The highest BCUT2D eigenvalue weighted by Crippen LogP contribution is 2.47. The molecule has 1 saturated carbocycles. The summed E-state index contributed by atoms with van der Waals surface area (Å²) >= 11 is 0. The van der Waals surface area contributed by atoms with E-state index in [0.29, 0.717) is 13.0 Å². The van der Waals surface area contributed by atoms with Crippen molar-refractivity contribution >= 4 is 6.03 Å². The molecule has 1 aromatic carbocycles. The van der Waals surface area contributed by atoms with Gasteiger partial charge in [0.05, 0.1) is 12.2 Å². The molecule has 0 unspecified atom stereocenters. The van der Waals surface area contributed by atoms with Crippen molar-refractivity contribution in [2.24, 2.45) is 5.41 Å². The largest absolute Gasteiger partial charge is 0.387 e. The number of carbonyl (C=O) groups excluding carboxylic acids is 1. The lowest BCUT2D eigenvalue weighted by molar-refractivity contribution is 0.172. The van der Waals surface area contributed by atoms with Crippen molar-refractivity contribution in [3.8, 4) is 6.07 Å². The Hall–Kier alpha value is -2.06. The van der Waals surface area contributed by atoms with Crippen LogP contribution in [0.2, 0.25) is 0 Å². The number of hydrogen-bond acceptors (Lipinski definition) is 3. The normalized spacial score (nSPS) is 16.5. The van der Waals surface area contributed by atoms with E-state index in [1.807, 2.05) is 32.0 Å². The third kappa shape index (κ3) is 4.47. The second-order valence-electron chi connectivity index (χ2n) is 6.34. The zero-order valence-electron chi connectivity index (χ0n) is 13.1. The molecule has 0 aromatic heterocycles. The third-order valence-corrected chi connectivity index (χ3v) is 4.12. The Bertz CT molecular complexity index is 568. The van der Waals surface area contributed by atoms with Crippen molar-refractivity contribution in [1.82, 2.24) is 10.6 Å². The van der Waals surface area contributed by atoms with E-state index in [9.17, 15) is 9.90 Å². The van der Waals surface area contributed by atoms with E-state index in [-0.39, 0.29) is 18.0 Å². The van der Waals surface area contributed by atoms with Crippen LogP contribution in [-0.2, 0) is 0 Å². The van der Waals surface area contributed by atoms with Crippen LogP contribution >= 0.6 is 0 Å². The highest BCUT2D eigenvalue weighted by atomic mass is 16.3. The molecule has 0 heterocycles. The molecule has 1 aliphatic carbocycles. The first-order chi connectivity index (χ1) is 10.4. The number of amides is 2. The Kier molecular flexibility index (Phi) is 5.04. The Morgan fingerprint density at radius 2 is 1.95 bits per heavy atom. The maximum Gasteiger partial charge on any atom is 0.314 e. The molecule has 0 bridgehead atoms. The lowest BCUT2D eigenvalue weighted by Crippen LogP contribution is -2.40. The van der Waals surface area contributed by atoms with Crippen LogP contribution in [0.4, 0.5) is 4.79 Å². The number of aliphatic hydroxyl groups is 1. The summed E-state index contributed by atoms with van der Waals surface area (Å²) in [5.41, 5.74) is 2.97. The van der Waals surface area contributed by atoms with Gasteiger partial charge in [-0.05, 0) is 32.3 Å². The van der Waals surface area contributed by atoms with Gasteiger partial charge in [-0.1, -0.05) is 29.3 Å². The fraction of sp³-hybridized carbons (Fsp3) is 0.529. The second kappa shape index (κ2) is 6.80. The van der Waals surface area contributed by atoms with Crippen molar-refractivity contribution in [2.75, 3.05) is 13.1 Å². The SMILES string of the molecule is Cc1cc(C)cc([C@H](O)CNC(=O)NCC2(CC#N)CC2)c1. The summed E-state index contributed by atoms with van der Waals surface area (Å²) in [6.07, 6.45) is 1.75. The van der Waals surface area contributed by atoms with E-state index in [2.05, 4.69) is 16.7 Å². The van der Waals surface area contributed by atoms with E-state index < -0.39 is 6.10 Å². The highest BCUT2D eigenvalue weighted by Gasteiger charge is 2.42. The van der Waals surface area contributed by atoms with E-state index in [4.69, 9.17) is 5.26 Å². The van der Waals surface area contributed by atoms with Gasteiger partial charge in [-0.15, -0.1) is 0 Å². The Labute approximate surface area is 131 Å². The van der Waals surface area contributed by atoms with Crippen molar-refractivity contribution in [1.29, 1.82) is 5.26 Å². The summed E-state index contributed by atoms with van der Waals surface area (Å²) in [5, 5.41) is 24.4. The zero-order chi connectivity index (χ0) is 16.2. The average molecular weight is 301 g/mol. The zero-order valence-corrected chi connectivity index (χ0v) is 13.1. The van der Waals surface area contributed by atoms with Crippen LogP contribution < -0.4 is 10.6 Å². The molecule has 3 N–H and O–H groups in total. The van der Waals surface area contributed by atoms with E-state index in [0.717, 1.165) is 29.5 Å². The van der Waals surface area contributed by atoms with Crippen LogP contribution in [0.25, 0.3) is 0 Å². The molecular formula is C17H23N3O2. The van der Waals surface area contributed by atoms with Gasteiger partial charge in [0.2, 0.25) is 0 Å². The number of hydrogen-bond donors (Lipinski definition) is 3. The molecule has 22 heavy (non-hydrogen) atoms. The topological polar surface area (TPSA) is 85.2 Å². The molecule has 118 valence electrons. The Morgan fingerprint density at radius 1 is 1.32 bits per heavy atom. The average Bonchev–Trinajstić information content (AvgIpc) is 3.22. The molecule has 2 rings (SSSR count). The summed E-state index contributed by atoms with van der Waals surface area (Å²) in [7, 11) is 0. The maximum absolute atomic E-state index is 11.8. The van der Waals surface area contributed by atoms with Gasteiger partial charge < -0.3 is 15.7 Å². The Morgan fingerprint density at radius 3 is 2.50 bits per heavy atom. The lowest BCUT2D eigenvalue weighted by atomic mass is 10.0. The minimum Gasteiger partial charge on any atom is -0.387 e. The molecule has 0 saturated heterocycles. The number of nitriles is 1. The van der Waals surface area contributed by atoms with Gasteiger partial charge >= 0.3 is 6.03 Å². The van der Waals surface area contributed by atoms with Gasteiger partial charge in [0.1, 0.15) is 0 Å². The van der Waals surface area contributed by atoms with Gasteiger partial charge in [-0.3, -0.25) is 0 Å². The second-order valence-corrected chi connectivity index (χ2v) is 6.34. The number of benzene rings is 1. The van der Waals surface area contributed by atoms with Gasteiger partial charge in [-0.2, -0.15) is 5.26 Å². The van der Waals surface area contributed by atoms with Crippen LogP contribution in [0.1, 0.15) is 42.1 Å². The molecule has 1 aliphatic rings.